The maximum absolute atomic E-state index is 12.5. The summed E-state index contributed by atoms with van der Waals surface area (Å²) in [4.78, 5) is 26.6. The van der Waals surface area contributed by atoms with Gasteiger partial charge in [-0.2, -0.15) is 5.10 Å². The van der Waals surface area contributed by atoms with Gasteiger partial charge in [-0.25, -0.2) is 4.68 Å². The number of unbranched alkanes of at least 4 members (excludes halogenated alkanes) is 1. The Labute approximate surface area is 170 Å². The molecule has 0 radical (unpaired) electrons. The smallest absolute Gasteiger partial charge is 0.271 e. The van der Waals surface area contributed by atoms with Gasteiger partial charge in [0.25, 0.3) is 11.5 Å². The van der Waals surface area contributed by atoms with Gasteiger partial charge in [-0.05, 0) is 49.4 Å². The molecule has 2 aromatic rings. The topological polar surface area (TPSA) is 67.2 Å². The number of benzene rings is 1. The summed E-state index contributed by atoms with van der Waals surface area (Å²) in [6.07, 6.45) is 2.84. The van der Waals surface area contributed by atoms with Crippen LogP contribution in [0.1, 0.15) is 42.2 Å². The fourth-order valence-corrected chi connectivity index (χ4v) is 3.67. The summed E-state index contributed by atoms with van der Waals surface area (Å²) in [5.41, 5.74) is 2.48. The Morgan fingerprint density at radius 3 is 2.93 bits per heavy atom. The van der Waals surface area contributed by atoms with Crippen LogP contribution >= 0.6 is 11.6 Å². The van der Waals surface area contributed by atoms with Crippen LogP contribution in [0.2, 0.25) is 5.02 Å². The lowest BCUT2D eigenvalue weighted by Gasteiger charge is -2.21. The highest BCUT2D eigenvalue weighted by atomic mass is 35.5. The monoisotopic (exact) mass is 402 g/mol. The van der Waals surface area contributed by atoms with E-state index in [2.05, 4.69) is 29.2 Å². The number of nitrogens with zero attached hydrogens (tertiary/aromatic N) is 3. The van der Waals surface area contributed by atoms with Gasteiger partial charge in [0.05, 0.1) is 0 Å². The first-order valence-corrected chi connectivity index (χ1v) is 10.2. The lowest BCUT2D eigenvalue weighted by atomic mass is 10.1. The molecule has 1 fully saturated rings. The van der Waals surface area contributed by atoms with Crippen LogP contribution in [-0.2, 0) is 6.54 Å². The molecule has 28 heavy (non-hydrogen) atoms. The minimum Gasteiger partial charge on any atom is -0.371 e. The van der Waals surface area contributed by atoms with Crippen molar-refractivity contribution < 1.29 is 4.79 Å². The van der Waals surface area contributed by atoms with Gasteiger partial charge in [0.2, 0.25) is 0 Å². The second-order valence-corrected chi connectivity index (χ2v) is 7.81. The van der Waals surface area contributed by atoms with Gasteiger partial charge in [-0.1, -0.05) is 31.0 Å². The second kappa shape index (κ2) is 9.24. The Bertz CT molecular complexity index is 896. The first-order chi connectivity index (χ1) is 13.5. The third-order valence-electron chi connectivity index (χ3n) is 5.17. The highest BCUT2D eigenvalue weighted by Gasteiger charge is 2.24. The largest absolute Gasteiger partial charge is 0.371 e. The van der Waals surface area contributed by atoms with Crippen LogP contribution in [0.3, 0.4) is 0 Å². The number of aryl methyl sites for hydroxylation is 2. The summed E-state index contributed by atoms with van der Waals surface area (Å²) in [7, 11) is 0. The predicted octanol–water partition coefficient (Wildman–Crippen LogP) is 3.26. The summed E-state index contributed by atoms with van der Waals surface area (Å²) in [5.74, 6) is 0.135. The van der Waals surface area contributed by atoms with E-state index in [-0.39, 0.29) is 17.2 Å². The molecule has 6 nitrogen and oxygen atoms in total. The number of carbonyl (C=O) groups is 1. The molecule has 1 aromatic carbocycles. The van der Waals surface area contributed by atoms with Crippen molar-refractivity contribution >= 4 is 23.2 Å². The van der Waals surface area contributed by atoms with Crippen LogP contribution in [0.5, 0.6) is 0 Å². The number of carbonyl (C=O) groups excluding carboxylic acids is 1. The number of aromatic nitrogens is 2. The van der Waals surface area contributed by atoms with Crippen molar-refractivity contribution in [1.82, 2.24) is 15.1 Å². The summed E-state index contributed by atoms with van der Waals surface area (Å²) in [5, 5.41) is 7.92. The molecule has 0 saturated carbocycles. The number of halogens is 1. The van der Waals surface area contributed by atoms with Crippen LogP contribution < -0.4 is 15.8 Å². The lowest BCUT2D eigenvalue weighted by molar-refractivity contribution is 0.0940. The first kappa shape index (κ1) is 20.4. The fourth-order valence-electron chi connectivity index (χ4n) is 3.51. The zero-order valence-electron chi connectivity index (χ0n) is 16.4. The minimum atomic E-state index is -0.234. The third kappa shape index (κ3) is 4.93. The first-order valence-electron chi connectivity index (χ1n) is 9.85. The second-order valence-electron chi connectivity index (χ2n) is 7.38. The van der Waals surface area contributed by atoms with Crippen molar-refractivity contribution in [2.75, 3.05) is 24.5 Å². The molecule has 1 N–H and O–H groups in total. The Kier molecular flexibility index (Phi) is 6.73. The molecular weight excluding hydrogens is 376 g/mol. The van der Waals surface area contributed by atoms with Gasteiger partial charge in [0.1, 0.15) is 5.69 Å². The Morgan fingerprint density at radius 1 is 1.32 bits per heavy atom. The quantitative estimate of drug-likeness (QED) is 0.771. The van der Waals surface area contributed by atoms with Crippen LogP contribution in [0, 0.1) is 12.8 Å². The zero-order chi connectivity index (χ0) is 20.1. The number of rotatable bonds is 7. The number of amides is 1. The van der Waals surface area contributed by atoms with E-state index in [1.807, 2.05) is 18.2 Å². The number of nitrogens with one attached hydrogen (secondary N) is 1. The van der Waals surface area contributed by atoms with Crippen molar-refractivity contribution in [3.8, 4) is 0 Å². The molecule has 0 bridgehead atoms. The number of anilines is 1. The molecule has 150 valence electrons. The van der Waals surface area contributed by atoms with E-state index in [4.69, 9.17) is 11.6 Å². The van der Waals surface area contributed by atoms with Gasteiger partial charge in [-0.3, -0.25) is 9.59 Å². The van der Waals surface area contributed by atoms with Crippen molar-refractivity contribution in [2.45, 2.75) is 39.7 Å². The maximum Gasteiger partial charge on any atom is 0.271 e. The summed E-state index contributed by atoms with van der Waals surface area (Å²) in [6.45, 7) is 7.09. The van der Waals surface area contributed by atoms with Gasteiger partial charge >= 0.3 is 0 Å². The Hall–Kier alpha value is -2.34. The molecule has 1 aromatic heterocycles. The molecule has 1 aliphatic rings. The predicted molar refractivity (Wildman–Crippen MR) is 112 cm³/mol. The standard InChI is InChI=1S/C21H27ClN4O2/c1-3-4-10-26-20(27)8-7-18(24-26)21(28)23-13-16-9-11-25(14-16)19-12-17(22)6-5-15(19)2/h5-8,12,16H,3-4,9-11,13-14H2,1-2H3,(H,23,28). The minimum absolute atomic E-state index is 0.173. The molecule has 3 rings (SSSR count). The van der Waals surface area contributed by atoms with Gasteiger partial charge in [0, 0.05) is 43.0 Å². The molecule has 7 heteroatoms. The highest BCUT2D eigenvalue weighted by Crippen LogP contribution is 2.29. The average Bonchev–Trinajstić information content (AvgIpc) is 3.16. The van der Waals surface area contributed by atoms with Crippen LogP contribution in [0.15, 0.2) is 35.1 Å². The molecule has 0 spiro atoms. The van der Waals surface area contributed by atoms with Crippen LogP contribution in [0.4, 0.5) is 5.69 Å². The van der Waals surface area contributed by atoms with Crippen molar-refractivity contribution in [3.63, 3.8) is 0 Å². The molecule has 2 heterocycles. The van der Waals surface area contributed by atoms with E-state index in [1.54, 1.807) is 0 Å². The van der Waals surface area contributed by atoms with E-state index in [0.717, 1.165) is 43.1 Å². The van der Waals surface area contributed by atoms with Gasteiger partial charge in [-0.15, -0.1) is 0 Å². The fraction of sp³-hybridized carbons (Fsp3) is 0.476. The van der Waals surface area contributed by atoms with Crippen molar-refractivity contribution in [2.24, 2.45) is 5.92 Å². The van der Waals surface area contributed by atoms with E-state index in [1.165, 1.54) is 22.4 Å². The van der Waals surface area contributed by atoms with Crippen molar-refractivity contribution in [3.05, 3.63) is 57.0 Å². The van der Waals surface area contributed by atoms with E-state index in [0.29, 0.717) is 19.0 Å². The molecular formula is C21H27ClN4O2. The normalized spacial score (nSPS) is 16.4. The summed E-state index contributed by atoms with van der Waals surface area (Å²) >= 11 is 6.14. The summed E-state index contributed by atoms with van der Waals surface area (Å²) in [6, 6.07) is 8.85. The SMILES string of the molecule is CCCCn1nc(C(=O)NCC2CCN(c3cc(Cl)ccc3C)C2)ccc1=O. The Morgan fingerprint density at radius 2 is 2.14 bits per heavy atom. The van der Waals surface area contributed by atoms with E-state index >= 15 is 0 Å². The molecule has 1 amide bonds. The average molecular weight is 403 g/mol. The number of hydrogen-bond acceptors (Lipinski definition) is 4. The Balaban J connectivity index is 1.57. The molecule has 1 saturated heterocycles. The van der Waals surface area contributed by atoms with Gasteiger partial charge in [0.15, 0.2) is 0 Å². The van der Waals surface area contributed by atoms with Gasteiger partial charge < -0.3 is 10.2 Å². The van der Waals surface area contributed by atoms with Crippen LogP contribution in [0.25, 0.3) is 0 Å². The zero-order valence-corrected chi connectivity index (χ0v) is 17.2. The molecule has 1 unspecified atom stereocenters. The highest BCUT2D eigenvalue weighted by molar-refractivity contribution is 6.30. The van der Waals surface area contributed by atoms with Crippen LogP contribution in [-0.4, -0.2) is 35.3 Å². The number of hydrogen-bond donors (Lipinski definition) is 1. The van der Waals surface area contributed by atoms with E-state index in [9.17, 15) is 9.59 Å². The maximum atomic E-state index is 12.5. The lowest BCUT2D eigenvalue weighted by Crippen LogP contribution is -2.33. The van der Waals surface area contributed by atoms with Crippen molar-refractivity contribution in [1.29, 1.82) is 0 Å². The molecule has 1 atom stereocenters. The van der Waals surface area contributed by atoms with E-state index < -0.39 is 0 Å². The molecule has 0 aliphatic carbocycles. The third-order valence-corrected chi connectivity index (χ3v) is 5.41. The molecule has 1 aliphatic heterocycles. The summed E-state index contributed by atoms with van der Waals surface area (Å²) < 4.78 is 1.37.